The third kappa shape index (κ3) is 3.61. The zero-order valence-electron chi connectivity index (χ0n) is 14.7. The fourth-order valence-electron chi connectivity index (χ4n) is 2.89. The number of amides is 1. The lowest BCUT2D eigenvalue weighted by atomic mass is 10.2. The van der Waals surface area contributed by atoms with Crippen LogP contribution in [0.4, 0.5) is 20.9 Å². The van der Waals surface area contributed by atoms with Crippen molar-refractivity contribution in [1.29, 1.82) is 0 Å². The summed E-state index contributed by atoms with van der Waals surface area (Å²) in [5.41, 5.74) is 1.59. The molecule has 4 rings (SSSR count). The minimum Gasteiger partial charge on any atom is -0.497 e. The Morgan fingerprint density at radius 1 is 1.25 bits per heavy atom. The Labute approximate surface area is 163 Å². The number of carboxylic acids is 1. The number of carboxylic acid groups (broad SMARTS) is 1. The lowest BCUT2D eigenvalue weighted by Gasteiger charge is -2.08. The zero-order valence-corrected chi connectivity index (χ0v) is 15.5. The highest BCUT2D eigenvalue weighted by atomic mass is 32.1. The van der Waals surface area contributed by atoms with E-state index in [0.29, 0.717) is 34.2 Å². The molecule has 2 atom stereocenters. The fourth-order valence-corrected chi connectivity index (χ4v) is 3.74. The van der Waals surface area contributed by atoms with E-state index < -0.39 is 23.6 Å². The molecular weight excluding hydrogens is 385 g/mol. The van der Waals surface area contributed by atoms with Crippen molar-refractivity contribution in [1.82, 2.24) is 4.98 Å². The van der Waals surface area contributed by atoms with Gasteiger partial charge in [0.15, 0.2) is 5.13 Å². The van der Waals surface area contributed by atoms with Crippen molar-refractivity contribution >= 4 is 49.9 Å². The fraction of sp³-hybridized carbons (Fsp3) is 0.211. The predicted molar refractivity (Wildman–Crippen MR) is 104 cm³/mol. The van der Waals surface area contributed by atoms with Gasteiger partial charge in [-0.15, -0.1) is 0 Å². The summed E-state index contributed by atoms with van der Waals surface area (Å²) >= 11 is 1.29. The number of fused-ring (bicyclic) bond motifs is 1. The summed E-state index contributed by atoms with van der Waals surface area (Å²) < 4.78 is 19.9. The summed E-state index contributed by atoms with van der Waals surface area (Å²) in [6, 6.07) is 9.89. The van der Waals surface area contributed by atoms with Gasteiger partial charge in [-0.1, -0.05) is 11.3 Å². The molecule has 3 aromatic rings. The van der Waals surface area contributed by atoms with Gasteiger partial charge >= 0.3 is 5.97 Å². The summed E-state index contributed by atoms with van der Waals surface area (Å²) in [6.07, 6.45) is 0.355. The number of carbonyl (C=O) groups excluding carboxylic acids is 1. The Hall–Kier alpha value is -3.20. The van der Waals surface area contributed by atoms with Gasteiger partial charge in [-0.3, -0.25) is 9.59 Å². The van der Waals surface area contributed by atoms with Gasteiger partial charge in [0.25, 0.3) is 0 Å². The normalized spacial score (nSPS) is 17.9. The van der Waals surface area contributed by atoms with Crippen molar-refractivity contribution in [3.63, 3.8) is 0 Å². The van der Waals surface area contributed by atoms with Crippen molar-refractivity contribution in [3.8, 4) is 5.75 Å². The van der Waals surface area contributed by atoms with Crippen LogP contribution in [-0.2, 0) is 9.59 Å². The maximum atomic E-state index is 14.1. The first-order chi connectivity index (χ1) is 13.4. The van der Waals surface area contributed by atoms with Crippen LogP contribution < -0.4 is 15.4 Å². The van der Waals surface area contributed by atoms with Gasteiger partial charge in [-0.05, 0) is 36.8 Å². The van der Waals surface area contributed by atoms with E-state index in [1.807, 2.05) is 6.07 Å². The maximum Gasteiger partial charge on any atom is 0.307 e. The van der Waals surface area contributed by atoms with E-state index in [9.17, 15) is 14.0 Å². The molecule has 0 aliphatic heterocycles. The molecule has 1 amide bonds. The van der Waals surface area contributed by atoms with E-state index in [1.165, 1.54) is 24.5 Å². The first kappa shape index (κ1) is 18.2. The molecule has 0 bridgehead atoms. The van der Waals surface area contributed by atoms with E-state index in [4.69, 9.17) is 9.84 Å². The number of anilines is 3. The van der Waals surface area contributed by atoms with Crippen LogP contribution in [0, 0.1) is 17.7 Å². The number of hydrogen-bond acceptors (Lipinski definition) is 6. The van der Waals surface area contributed by atoms with Crippen LogP contribution in [0.2, 0.25) is 0 Å². The van der Waals surface area contributed by atoms with Gasteiger partial charge in [0.05, 0.1) is 34.8 Å². The van der Waals surface area contributed by atoms with Crippen molar-refractivity contribution in [3.05, 3.63) is 42.2 Å². The first-order valence-electron chi connectivity index (χ1n) is 8.49. The number of aliphatic carboxylic acids is 1. The summed E-state index contributed by atoms with van der Waals surface area (Å²) in [5, 5.41) is 15.0. The van der Waals surface area contributed by atoms with Crippen molar-refractivity contribution in [2.24, 2.45) is 11.8 Å². The highest BCUT2D eigenvalue weighted by Gasteiger charge is 2.48. The van der Waals surface area contributed by atoms with Gasteiger partial charge in [0.2, 0.25) is 5.91 Å². The molecule has 1 heterocycles. The van der Waals surface area contributed by atoms with Crippen molar-refractivity contribution in [2.75, 3.05) is 17.7 Å². The van der Waals surface area contributed by atoms with Gasteiger partial charge in [-0.2, -0.15) is 0 Å². The third-order valence-corrected chi connectivity index (χ3v) is 5.47. The number of nitrogens with one attached hydrogen (secondary N) is 2. The number of carbonyl (C=O) groups is 2. The number of aromatic nitrogens is 1. The number of benzene rings is 2. The molecule has 1 aliphatic rings. The minimum atomic E-state index is -0.953. The molecule has 3 N–H and O–H groups in total. The highest BCUT2D eigenvalue weighted by Crippen LogP contribution is 2.40. The highest BCUT2D eigenvalue weighted by molar-refractivity contribution is 7.22. The summed E-state index contributed by atoms with van der Waals surface area (Å²) in [4.78, 5) is 27.3. The summed E-state index contributed by atoms with van der Waals surface area (Å²) in [6.45, 7) is 0. The van der Waals surface area contributed by atoms with E-state index in [0.717, 1.165) is 4.70 Å². The SMILES string of the molecule is COc1ccc(Nc2ccc3sc(NC(=O)C4CC4C(=O)O)nc3c2)c(F)c1. The van der Waals surface area contributed by atoms with E-state index in [1.54, 1.807) is 24.3 Å². The van der Waals surface area contributed by atoms with Crippen LogP contribution in [0.3, 0.4) is 0 Å². The van der Waals surface area contributed by atoms with Gasteiger partial charge < -0.3 is 20.5 Å². The lowest BCUT2D eigenvalue weighted by molar-refractivity contribution is -0.139. The molecule has 1 aliphatic carbocycles. The molecular formula is C19H16FN3O4S. The monoisotopic (exact) mass is 401 g/mol. The average molecular weight is 401 g/mol. The Morgan fingerprint density at radius 3 is 2.75 bits per heavy atom. The standard InChI is InChI=1S/C19H16FN3O4S/c1-27-10-3-4-14(13(20)7-10)21-9-2-5-16-15(6-9)22-19(28-16)23-17(24)11-8-12(11)18(25)26/h2-7,11-12,21H,8H2,1H3,(H,25,26)(H,22,23,24). The topological polar surface area (TPSA) is 101 Å². The molecule has 0 spiro atoms. The quantitative estimate of drug-likeness (QED) is 0.580. The van der Waals surface area contributed by atoms with E-state index in [-0.39, 0.29) is 5.91 Å². The Balaban J connectivity index is 1.49. The molecule has 0 radical (unpaired) electrons. The number of hydrogen-bond donors (Lipinski definition) is 3. The molecule has 1 fully saturated rings. The Bertz CT molecular complexity index is 1080. The molecule has 28 heavy (non-hydrogen) atoms. The van der Waals surface area contributed by atoms with Gasteiger partial charge in [0, 0.05) is 11.8 Å². The molecule has 0 saturated heterocycles. The van der Waals surface area contributed by atoms with E-state index >= 15 is 0 Å². The second-order valence-corrected chi connectivity index (χ2v) is 7.48. The third-order valence-electron chi connectivity index (χ3n) is 4.52. The van der Waals surface area contributed by atoms with E-state index in [2.05, 4.69) is 15.6 Å². The minimum absolute atomic E-state index is 0.303. The smallest absolute Gasteiger partial charge is 0.307 e. The number of nitrogens with zero attached hydrogens (tertiary/aromatic N) is 1. The molecule has 1 aromatic heterocycles. The lowest BCUT2D eigenvalue weighted by Crippen LogP contribution is -2.16. The molecule has 144 valence electrons. The van der Waals surface area contributed by atoms with Crippen LogP contribution in [0.25, 0.3) is 10.2 Å². The second kappa shape index (κ2) is 7.08. The number of ether oxygens (including phenoxy) is 1. The van der Waals surface area contributed by atoms with Gasteiger partial charge in [-0.25, -0.2) is 9.37 Å². The molecule has 2 aromatic carbocycles. The maximum absolute atomic E-state index is 14.1. The second-order valence-electron chi connectivity index (χ2n) is 6.45. The zero-order chi connectivity index (χ0) is 19.8. The Kier molecular flexibility index (Phi) is 4.60. The summed E-state index contributed by atoms with van der Waals surface area (Å²) in [5.74, 6) is -2.40. The van der Waals surface area contributed by atoms with Crippen LogP contribution in [-0.4, -0.2) is 29.1 Å². The van der Waals surface area contributed by atoms with Gasteiger partial charge in [0.1, 0.15) is 11.6 Å². The molecule has 1 saturated carbocycles. The largest absolute Gasteiger partial charge is 0.497 e. The average Bonchev–Trinajstić information content (AvgIpc) is 3.38. The van der Waals surface area contributed by atoms with Crippen molar-refractivity contribution < 1.29 is 23.8 Å². The predicted octanol–water partition coefficient (Wildman–Crippen LogP) is 3.85. The Morgan fingerprint density at radius 2 is 2.07 bits per heavy atom. The molecule has 2 unspecified atom stereocenters. The number of thiazole rings is 1. The molecule has 9 heteroatoms. The first-order valence-corrected chi connectivity index (χ1v) is 9.31. The van der Waals surface area contributed by atoms with Crippen molar-refractivity contribution in [2.45, 2.75) is 6.42 Å². The van der Waals surface area contributed by atoms with Crippen LogP contribution in [0.1, 0.15) is 6.42 Å². The summed E-state index contributed by atoms with van der Waals surface area (Å²) in [7, 11) is 1.47. The van der Waals surface area contributed by atoms with Crippen LogP contribution in [0.5, 0.6) is 5.75 Å². The number of methoxy groups -OCH3 is 1. The number of halogens is 1. The van der Waals surface area contributed by atoms with Crippen LogP contribution in [0.15, 0.2) is 36.4 Å². The van der Waals surface area contributed by atoms with Crippen LogP contribution >= 0.6 is 11.3 Å². The number of rotatable bonds is 6. The molecule has 7 nitrogen and oxygen atoms in total.